The van der Waals surface area contributed by atoms with E-state index in [4.69, 9.17) is 43.4 Å². The zero-order chi connectivity index (χ0) is 25.4. The molecule has 2 aromatic carbocycles. The lowest BCUT2D eigenvalue weighted by molar-refractivity contribution is -0.118. The minimum Gasteiger partial charge on any atom is -0.376 e. The molecule has 1 aliphatic heterocycles. The van der Waals surface area contributed by atoms with Crippen LogP contribution in [-0.2, 0) is 27.4 Å². The molecule has 10 nitrogen and oxygen atoms in total. The Morgan fingerprint density at radius 1 is 1.06 bits per heavy atom. The number of nitrogens with zero attached hydrogens (tertiary/aromatic N) is 4. The van der Waals surface area contributed by atoms with Crippen LogP contribution in [0, 0.1) is 0 Å². The van der Waals surface area contributed by atoms with E-state index in [-0.39, 0.29) is 24.3 Å². The average molecular weight is 530 g/mol. The first-order valence-electron chi connectivity index (χ1n) is 11.1. The number of amides is 1. The Bertz CT molecular complexity index is 1570. The highest BCUT2D eigenvalue weighted by molar-refractivity contribution is 6.33. The predicted octanol–water partition coefficient (Wildman–Crippen LogP) is 2.22. The zero-order valence-corrected chi connectivity index (χ0v) is 20.4. The first kappa shape index (κ1) is 24.3. The van der Waals surface area contributed by atoms with E-state index in [9.17, 15) is 14.4 Å². The first-order chi connectivity index (χ1) is 17.3. The highest BCUT2D eigenvalue weighted by Gasteiger charge is 2.27. The summed E-state index contributed by atoms with van der Waals surface area (Å²) in [6.07, 6.45) is -0.455. The van der Waals surface area contributed by atoms with Crippen LogP contribution in [0.2, 0.25) is 10.0 Å². The van der Waals surface area contributed by atoms with Crippen molar-refractivity contribution < 1.29 is 14.3 Å². The molecule has 2 N–H and O–H groups in total. The smallest absolute Gasteiger partial charge is 0.333 e. The van der Waals surface area contributed by atoms with Crippen molar-refractivity contribution in [2.45, 2.75) is 19.2 Å². The number of ether oxygens (including phenoxy) is 2. The third kappa shape index (κ3) is 4.44. The van der Waals surface area contributed by atoms with E-state index in [1.165, 1.54) is 4.57 Å². The SMILES string of the molecule is NC(=O)Cn1c(=O)c2c(nc(-c3ccccc3Cl)n2-c2ccc(Cl)cc2)n(C[C@@H]2COCCO2)c1=O. The number of carbonyl (C=O) groups is 1. The molecular weight excluding hydrogens is 509 g/mol. The summed E-state index contributed by atoms with van der Waals surface area (Å²) >= 11 is 12.6. The van der Waals surface area contributed by atoms with Gasteiger partial charge in [-0.05, 0) is 36.4 Å². The molecule has 1 atom stereocenters. The van der Waals surface area contributed by atoms with Crippen LogP contribution >= 0.6 is 23.2 Å². The minimum absolute atomic E-state index is 0.0496. The summed E-state index contributed by atoms with van der Waals surface area (Å²) in [5.41, 5.74) is 5.22. The van der Waals surface area contributed by atoms with Crippen LogP contribution in [0.15, 0.2) is 58.1 Å². The molecule has 186 valence electrons. The van der Waals surface area contributed by atoms with Crippen LogP contribution < -0.4 is 17.0 Å². The van der Waals surface area contributed by atoms with Crippen LogP contribution in [0.3, 0.4) is 0 Å². The lowest BCUT2D eigenvalue weighted by atomic mass is 10.2. The van der Waals surface area contributed by atoms with E-state index in [1.807, 2.05) is 0 Å². The lowest BCUT2D eigenvalue weighted by Crippen LogP contribution is -2.45. The van der Waals surface area contributed by atoms with Crippen LogP contribution in [0.4, 0.5) is 0 Å². The lowest BCUT2D eigenvalue weighted by Gasteiger charge is -2.24. The number of halogens is 2. The summed E-state index contributed by atoms with van der Waals surface area (Å²) in [5, 5.41) is 0.901. The topological polar surface area (TPSA) is 123 Å². The van der Waals surface area contributed by atoms with Gasteiger partial charge >= 0.3 is 5.69 Å². The maximum Gasteiger partial charge on any atom is 0.333 e. The molecule has 4 aromatic rings. The summed E-state index contributed by atoms with van der Waals surface area (Å²) in [6.45, 7) is 0.534. The Balaban J connectivity index is 1.88. The second-order valence-electron chi connectivity index (χ2n) is 8.22. The molecule has 1 fully saturated rings. The van der Waals surface area contributed by atoms with Gasteiger partial charge < -0.3 is 15.2 Å². The monoisotopic (exact) mass is 529 g/mol. The fourth-order valence-corrected chi connectivity index (χ4v) is 4.56. The third-order valence-corrected chi connectivity index (χ3v) is 6.39. The summed E-state index contributed by atoms with van der Waals surface area (Å²) in [5.74, 6) is -0.498. The summed E-state index contributed by atoms with van der Waals surface area (Å²) in [6, 6.07) is 13.8. The molecule has 1 amide bonds. The Labute approximate surface area is 214 Å². The van der Waals surface area contributed by atoms with E-state index >= 15 is 0 Å². The van der Waals surface area contributed by atoms with E-state index in [2.05, 4.69) is 0 Å². The molecule has 1 saturated heterocycles. The predicted molar refractivity (Wildman–Crippen MR) is 135 cm³/mol. The maximum absolute atomic E-state index is 13.7. The molecule has 3 heterocycles. The molecule has 2 aromatic heterocycles. The Kier molecular flexibility index (Phi) is 6.67. The number of aromatic nitrogens is 4. The number of hydrogen-bond donors (Lipinski definition) is 1. The number of carbonyl (C=O) groups excluding carboxylic acids is 1. The Morgan fingerprint density at radius 3 is 2.47 bits per heavy atom. The van der Waals surface area contributed by atoms with Crippen molar-refractivity contribution in [3.63, 3.8) is 0 Å². The van der Waals surface area contributed by atoms with Gasteiger partial charge in [0.05, 0.1) is 37.5 Å². The zero-order valence-electron chi connectivity index (χ0n) is 18.9. The van der Waals surface area contributed by atoms with Crippen molar-refractivity contribution in [2.75, 3.05) is 19.8 Å². The minimum atomic E-state index is -0.832. The molecule has 0 aliphatic carbocycles. The highest BCUT2D eigenvalue weighted by atomic mass is 35.5. The van der Waals surface area contributed by atoms with Gasteiger partial charge in [-0.15, -0.1) is 0 Å². The standard InChI is InChI=1S/C24H21Cl2N5O5/c25-14-5-7-15(8-6-14)31-20-22(28-21(31)17-3-1-2-4-18(17)26)29(11-16-13-35-9-10-36-16)24(34)30(23(20)33)12-19(27)32/h1-8,16H,9-13H2,(H2,27,32)/t16-/m1/s1. The van der Waals surface area contributed by atoms with Crippen molar-refractivity contribution in [1.82, 2.24) is 18.7 Å². The number of primary amides is 1. The molecule has 0 saturated carbocycles. The highest BCUT2D eigenvalue weighted by Crippen LogP contribution is 2.32. The second-order valence-corrected chi connectivity index (χ2v) is 9.06. The quantitative estimate of drug-likeness (QED) is 0.408. The number of rotatable bonds is 6. The van der Waals surface area contributed by atoms with Crippen LogP contribution in [0.25, 0.3) is 28.2 Å². The molecule has 0 bridgehead atoms. The number of nitrogens with two attached hydrogens (primary N) is 1. The van der Waals surface area contributed by atoms with Gasteiger partial charge in [0.15, 0.2) is 11.2 Å². The third-order valence-electron chi connectivity index (χ3n) is 5.81. The Hall–Kier alpha value is -3.44. The van der Waals surface area contributed by atoms with Crippen molar-refractivity contribution >= 4 is 40.3 Å². The largest absolute Gasteiger partial charge is 0.376 e. The fraction of sp³-hybridized carbons (Fsp3) is 0.250. The van der Waals surface area contributed by atoms with E-state index < -0.39 is 29.8 Å². The van der Waals surface area contributed by atoms with Crippen LogP contribution in [0.1, 0.15) is 0 Å². The summed E-state index contributed by atoms with van der Waals surface area (Å²) in [7, 11) is 0. The number of imidazole rings is 1. The second kappa shape index (κ2) is 9.90. The molecule has 5 rings (SSSR count). The number of fused-ring (bicyclic) bond motifs is 1. The summed E-state index contributed by atoms with van der Waals surface area (Å²) in [4.78, 5) is 43.7. The fourth-order valence-electron chi connectivity index (χ4n) is 4.21. The average Bonchev–Trinajstić information content (AvgIpc) is 3.26. The number of hydrogen-bond acceptors (Lipinski definition) is 6. The Morgan fingerprint density at radius 2 is 1.81 bits per heavy atom. The van der Waals surface area contributed by atoms with Crippen molar-refractivity contribution in [3.8, 4) is 17.1 Å². The van der Waals surface area contributed by atoms with Gasteiger partial charge in [0.2, 0.25) is 5.91 Å². The van der Waals surface area contributed by atoms with E-state index in [0.717, 1.165) is 4.57 Å². The normalized spacial score (nSPS) is 15.9. The molecule has 0 radical (unpaired) electrons. The van der Waals surface area contributed by atoms with Gasteiger partial charge in [-0.2, -0.15) is 0 Å². The summed E-state index contributed by atoms with van der Waals surface area (Å²) < 4.78 is 14.9. The van der Waals surface area contributed by atoms with Gasteiger partial charge in [-0.25, -0.2) is 14.3 Å². The molecule has 1 aliphatic rings. The first-order valence-corrected chi connectivity index (χ1v) is 11.9. The van der Waals surface area contributed by atoms with Crippen molar-refractivity contribution in [1.29, 1.82) is 0 Å². The van der Waals surface area contributed by atoms with Gasteiger partial charge in [-0.1, -0.05) is 35.3 Å². The van der Waals surface area contributed by atoms with E-state index in [0.29, 0.717) is 40.3 Å². The van der Waals surface area contributed by atoms with Gasteiger partial charge in [0.25, 0.3) is 5.56 Å². The molecule has 36 heavy (non-hydrogen) atoms. The van der Waals surface area contributed by atoms with Gasteiger partial charge in [0.1, 0.15) is 12.4 Å². The maximum atomic E-state index is 13.7. The van der Waals surface area contributed by atoms with Gasteiger partial charge in [-0.3, -0.25) is 18.7 Å². The molecule has 0 unspecified atom stereocenters. The molecular formula is C24H21Cl2N5O5. The van der Waals surface area contributed by atoms with Crippen LogP contribution in [0.5, 0.6) is 0 Å². The van der Waals surface area contributed by atoms with E-state index in [1.54, 1.807) is 53.1 Å². The molecule has 0 spiro atoms. The van der Waals surface area contributed by atoms with Gasteiger partial charge in [0, 0.05) is 16.3 Å². The van der Waals surface area contributed by atoms with Crippen molar-refractivity contribution in [3.05, 3.63) is 79.4 Å². The van der Waals surface area contributed by atoms with Crippen LogP contribution in [-0.4, -0.2) is 50.5 Å². The number of benzene rings is 2. The van der Waals surface area contributed by atoms with Crippen molar-refractivity contribution in [2.24, 2.45) is 5.73 Å². The molecule has 12 heteroatoms.